The smallest absolute Gasteiger partial charge is 0.150 e. The Balaban J connectivity index is 2.06. The number of benzene rings is 1. The zero-order valence-corrected chi connectivity index (χ0v) is 13.2. The Morgan fingerprint density at radius 3 is 2.80 bits per heavy atom. The fourth-order valence-corrected chi connectivity index (χ4v) is 4.95. The van der Waals surface area contributed by atoms with Gasteiger partial charge >= 0.3 is 0 Å². The third kappa shape index (κ3) is 4.06. The molecule has 0 spiro atoms. The molecule has 20 heavy (non-hydrogen) atoms. The van der Waals surface area contributed by atoms with E-state index in [0.29, 0.717) is 17.4 Å². The third-order valence-corrected chi connectivity index (χ3v) is 5.97. The summed E-state index contributed by atoms with van der Waals surface area (Å²) >= 11 is 0. The highest BCUT2D eigenvalue weighted by Crippen LogP contribution is 2.29. The first-order chi connectivity index (χ1) is 9.54. The van der Waals surface area contributed by atoms with Crippen LogP contribution in [-0.2, 0) is 16.3 Å². The van der Waals surface area contributed by atoms with Crippen LogP contribution in [-0.4, -0.2) is 27.0 Å². The van der Waals surface area contributed by atoms with Gasteiger partial charge in [0.05, 0.1) is 11.5 Å². The predicted octanol–water partition coefficient (Wildman–Crippen LogP) is 2.72. The molecule has 2 unspecified atom stereocenters. The maximum absolute atomic E-state index is 11.6. The third-order valence-electron chi connectivity index (χ3n) is 4.14. The van der Waals surface area contributed by atoms with Crippen LogP contribution in [0.25, 0.3) is 0 Å². The molecule has 1 aromatic rings. The molecular formula is C16H25NO2S. The van der Waals surface area contributed by atoms with Crippen molar-refractivity contribution in [2.24, 2.45) is 5.92 Å². The molecule has 1 N–H and O–H groups in total. The van der Waals surface area contributed by atoms with Gasteiger partial charge in [0, 0.05) is 6.04 Å². The summed E-state index contributed by atoms with van der Waals surface area (Å²) in [4.78, 5) is 0. The summed E-state index contributed by atoms with van der Waals surface area (Å²) in [6.07, 6.45) is 3.97. The molecule has 4 heteroatoms. The summed E-state index contributed by atoms with van der Waals surface area (Å²) in [5.41, 5.74) is 2.65. The van der Waals surface area contributed by atoms with Crippen molar-refractivity contribution in [2.75, 3.05) is 18.6 Å². The Bertz CT molecular complexity index is 539. The summed E-state index contributed by atoms with van der Waals surface area (Å²) in [7, 11) is -0.817. The van der Waals surface area contributed by atoms with Crippen molar-refractivity contribution in [2.45, 2.75) is 38.6 Å². The van der Waals surface area contributed by atoms with E-state index >= 15 is 0 Å². The normalized spacial score (nSPS) is 22.8. The minimum atomic E-state index is -2.78. The van der Waals surface area contributed by atoms with E-state index in [9.17, 15) is 8.42 Å². The van der Waals surface area contributed by atoms with E-state index in [-0.39, 0.29) is 6.04 Å². The van der Waals surface area contributed by atoms with Crippen molar-refractivity contribution in [3.05, 3.63) is 35.4 Å². The molecule has 0 aliphatic carbocycles. The molecule has 0 bridgehead atoms. The number of hydrogen-bond acceptors (Lipinski definition) is 3. The Morgan fingerprint density at radius 2 is 2.20 bits per heavy atom. The molecule has 1 saturated heterocycles. The quantitative estimate of drug-likeness (QED) is 0.878. The molecule has 2 atom stereocenters. The van der Waals surface area contributed by atoms with Crippen LogP contribution in [0.2, 0.25) is 0 Å². The summed E-state index contributed by atoms with van der Waals surface area (Å²) in [6.45, 7) is 2.19. The van der Waals surface area contributed by atoms with Gasteiger partial charge in [-0.1, -0.05) is 37.6 Å². The van der Waals surface area contributed by atoms with Gasteiger partial charge in [0.1, 0.15) is 0 Å². The van der Waals surface area contributed by atoms with Gasteiger partial charge < -0.3 is 5.32 Å². The van der Waals surface area contributed by atoms with Crippen LogP contribution in [0.5, 0.6) is 0 Å². The van der Waals surface area contributed by atoms with Gasteiger partial charge in [-0.15, -0.1) is 0 Å². The first kappa shape index (κ1) is 15.5. The van der Waals surface area contributed by atoms with Gasteiger partial charge in [0.15, 0.2) is 9.84 Å². The fraction of sp³-hybridized carbons (Fsp3) is 0.625. The second-order valence-electron chi connectivity index (χ2n) is 5.84. The fourth-order valence-electron chi connectivity index (χ4n) is 3.07. The Morgan fingerprint density at radius 1 is 1.40 bits per heavy atom. The molecule has 0 radical (unpaired) electrons. The summed E-state index contributed by atoms with van der Waals surface area (Å²) < 4.78 is 23.1. The van der Waals surface area contributed by atoms with Gasteiger partial charge in [-0.25, -0.2) is 8.42 Å². The van der Waals surface area contributed by atoms with Crippen LogP contribution in [0.4, 0.5) is 0 Å². The highest BCUT2D eigenvalue weighted by molar-refractivity contribution is 7.91. The van der Waals surface area contributed by atoms with Crippen molar-refractivity contribution >= 4 is 9.84 Å². The molecule has 2 rings (SSSR count). The molecule has 1 aliphatic rings. The van der Waals surface area contributed by atoms with Crippen LogP contribution in [0, 0.1) is 5.92 Å². The molecule has 3 nitrogen and oxygen atoms in total. The van der Waals surface area contributed by atoms with Crippen molar-refractivity contribution in [3.8, 4) is 0 Å². The van der Waals surface area contributed by atoms with E-state index in [0.717, 1.165) is 25.7 Å². The molecule has 112 valence electrons. The van der Waals surface area contributed by atoms with E-state index < -0.39 is 9.84 Å². The SMILES string of the molecule is CCCc1cccc(C(CC2CCS(=O)(=O)C2)NC)c1. The predicted molar refractivity (Wildman–Crippen MR) is 83.6 cm³/mol. The summed E-state index contributed by atoms with van der Waals surface area (Å²) in [5, 5.41) is 3.35. The van der Waals surface area contributed by atoms with Crippen molar-refractivity contribution in [3.63, 3.8) is 0 Å². The second kappa shape index (κ2) is 6.72. The summed E-state index contributed by atoms with van der Waals surface area (Å²) in [5.74, 6) is 1.02. The van der Waals surface area contributed by atoms with Gasteiger partial charge in [-0.2, -0.15) is 0 Å². The lowest BCUT2D eigenvalue weighted by Crippen LogP contribution is -2.20. The number of rotatable bonds is 6. The molecule has 1 fully saturated rings. The largest absolute Gasteiger partial charge is 0.313 e. The van der Waals surface area contributed by atoms with E-state index in [1.54, 1.807) is 0 Å². The van der Waals surface area contributed by atoms with Crippen LogP contribution >= 0.6 is 0 Å². The highest BCUT2D eigenvalue weighted by atomic mass is 32.2. The lowest BCUT2D eigenvalue weighted by molar-refractivity contribution is 0.437. The van der Waals surface area contributed by atoms with Crippen molar-refractivity contribution < 1.29 is 8.42 Å². The summed E-state index contributed by atoms with van der Waals surface area (Å²) in [6, 6.07) is 8.93. The number of hydrogen-bond donors (Lipinski definition) is 1. The van der Waals surface area contributed by atoms with E-state index in [1.807, 2.05) is 7.05 Å². The average Bonchev–Trinajstić information content (AvgIpc) is 2.76. The first-order valence-corrected chi connectivity index (χ1v) is 9.32. The standard InChI is InChI=1S/C16H25NO2S/c1-3-5-13-6-4-7-15(10-13)16(17-2)11-14-8-9-20(18,19)12-14/h4,6-7,10,14,16-17H,3,5,8-9,11-12H2,1-2H3. The van der Waals surface area contributed by atoms with Gasteiger partial charge in [-0.05, 0) is 43.4 Å². The minimum absolute atomic E-state index is 0.255. The van der Waals surface area contributed by atoms with Crippen LogP contribution in [0.3, 0.4) is 0 Å². The lowest BCUT2D eigenvalue weighted by atomic mass is 9.93. The van der Waals surface area contributed by atoms with Gasteiger partial charge in [-0.3, -0.25) is 0 Å². The van der Waals surface area contributed by atoms with Crippen molar-refractivity contribution in [1.29, 1.82) is 0 Å². The van der Waals surface area contributed by atoms with Crippen molar-refractivity contribution in [1.82, 2.24) is 5.32 Å². The number of aryl methyl sites for hydroxylation is 1. The van der Waals surface area contributed by atoms with Gasteiger partial charge in [0.2, 0.25) is 0 Å². The van der Waals surface area contributed by atoms with E-state index in [1.165, 1.54) is 11.1 Å². The van der Waals surface area contributed by atoms with Crippen LogP contribution in [0.1, 0.15) is 43.4 Å². The Kier molecular flexibility index (Phi) is 5.22. The van der Waals surface area contributed by atoms with Gasteiger partial charge in [0.25, 0.3) is 0 Å². The van der Waals surface area contributed by atoms with E-state index in [2.05, 4.69) is 36.5 Å². The Hall–Kier alpha value is -0.870. The van der Waals surface area contributed by atoms with E-state index in [4.69, 9.17) is 0 Å². The minimum Gasteiger partial charge on any atom is -0.313 e. The molecule has 1 heterocycles. The first-order valence-electron chi connectivity index (χ1n) is 7.50. The topological polar surface area (TPSA) is 46.2 Å². The second-order valence-corrected chi connectivity index (χ2v) is 8.07. The lowest BCUT2D eigenvalue weighted by Gasteiger charge is -2.20. The zero-order valence-electron chi connectivity index (χ0n) is 12.4. The molecule has 0 aromatic heterocycles. The Labute approximate surface area is 122 Å². The number of sulfone groups is 1. The molecular weight excluding hydrogens is 270 g/mol. The average molecular weight is 295 g/mol. The highest BCUT2D eigenvalue weighted by Gasteiger charge is 2.29. The zero-order chi connectivity index (χ0) is 14.6. The molecule has 0 amide bonds. The monoisotopic (exact) mass is 295 g/mol. The maximum Gasteiger partial charge on any atom is 0.150 e. The maximum atomic E-state index is 11.6. The molecule has 1 aromatic carbocycles. The molecule has 1 aliphatic heterocycles. The van der Waals surface area contributed by atoms with Crippen LogP contribution in [0.15, 0.2) is 24.3 Å². The molecule has 0 saturated carbocycles. The van der Waals surface area contributed by atoms with Crippen LogP contribution < -0.4 is 5.32 Å². The number of nitrogens with one attached hydrogen (secondary N) is 1.